The summed E-state index contributed by atoms with van der Waals surface area (Å²) in [5, 5.41) is 3.42. The third kappa shape index (κ3) is 3.55. The molecular weight excluding hydrogens is 248 g/mol. The van der Waals surface area contributed by atoms with Crippen LogP contribution in [-0.4, -0.2) is 36.0 Å². The molecule has 1 amide bonds. The van der Waals surface area contributed by atoms with Gasteiger partial charge in [-0.15, -0.1) is 0 Å². The van der Waals surface area contributed by atoms with Crippen molar-refractivity contribution in [2.45, 2.75) is 78.8 Å². The van der Waals surface area contributed by atoms with E-state index in [1.54, 1.807) is 0 Å². The maximum absolute atomic E-state index is 12.9. The van der Waals surface area contributed by atoms with Gasteiger partial charge in [-0.25, -0.2) is 0 Å². The highest BCUT2D eigenvalue weighted by Gasteiger charge is 2.40. The van der Waals surface area contributed by atoms with Gasteiger partial charge in [0.2, 0.25) is 5.91 Å². The molecule has 0 bridgehead atoms. The molecule has 116 valence electrons. The molecule has 0 unspecified atom stereocenters. The summed E-state index contributed by atoms with van der Waals surface area (Å²) in [4.78, 5) is 15.2. The first kappa shape index (κ1) is 15.8. The topological polar surface area (TPSA) is 32.3 Å². The van der Waals surface area contributed by atoms with Crippen LogP contribution in [0.25, 0.3) is 0 Å². The molecule has 0 aromatic carbocycles. The largest absolute Gasteiger partial charge is 0.335 e. The van der Waals surface area contributed by atoms with Gasteiger partial charge >= 0.3 is 0 Å². The van der Waals surface area contributed by atoms with Crippen molar-refractivity contribution in [1.82, 2.24) is 10.2 Å². The van der Waals surface area contributed by atoms with Crippen LogP contribution in [0, 0.1) is 10.8 Å². The molecule has 2 aliphatic rings. The Bertz CT molecular complexity index is 340. The average molecular weight is 280 g/mol. The molecule has 0 radical (unpaired) electrons. The molecule has 3 nitrogen and oxygen atoms in total. The van der Waals surface area contributed by atoms with E-state index in [0.29, 0.717) is 23.4 Å². The Labute approximate surface area is 124 Å². The Morgan fingerprint density at radius 2 is 1.70 bits per heavy atom. The van der Waals surface area contributed by atoms with Crippen LogP contribution in [0.4, 0.5) is 0 Å². The summed E-state index contributed by atoms with van der Waals surface area (Å²) >= 11 is 0. The first-order chi connectivity index (χ1) is 9.21. The van der Waals surface area contributed by atoms with Crippen molar-refractivity contribution in [3.8, 4) is 0 Å². The van der Waals surface area contributed by atoms with E-state index in [1.807, 2.05) is 0 Å². The summed E-state index contributed by atoms with van der Waals surface area (Å²) in [7, 11) is 0. The predicted molar refractivity (Wildman–Crippen MR) is 83.6 cm³/mol. The summed E-state index contributed by atoms with van der Waals surface area (Å²) in [5.41, 5.74) is 0.191. The molecule has 1 saturated carbocycles. The molecular formula is C17H32N2O. The standard InChI is InChI=1S/C17H32N2O/c1-16(2,3)15(20)19(14-8-11-18-12-14)13-6-9-17(4,5)10-7-13/h13-14,18H,6-12H2,1-5H3/t14-/m0/s1. The van der Waals surface area contributed by atoms with Crippen molar-refractivity contribution < 1.29 is 4.79 Å². The van der Waals surface area contributed by atoms with Gasteiger partial charge in [0.05, 0.1) is 0 Å². The van der Waals surface area contributed by atoms with Gasteiger partial charge in [0, 0.05) is 24.0 Å². The average Bonchev–Trinajstić information content (AvgIpc) is 2.84. The van der Waals surface area contributed by atoms with Crippen LogP contribution in [0.5, 0.6) is 0 Å². The molecule has 1 aliphatic carbocycles. The van der Waals surface area contributed by atoms with Crippen LogP contribution in [0.15, 0.2) is 0 Å². The molecule has 20 heavy (non-hydrogen) atoms. The van der Waals surface area contributed by atoms with Crippen LogP contribution in [0.1, 0.15) is 66.7 Å². The second kappa shape index (κ2) is 5.67. The molecule has 1 atom stereocenters. The number of hydrogen-bond donors (Lipinski definition) is 1. The second-order valence-corrected chi connectivity index (χ2v) is 8.50. The third-order valence-electron chi connectivity index (χ3n) is 5.01. The molecule has 0 aromatic rings. The van der Waals surface area contributed by atoms with E-state index in [4.69, 9.17) is 0 Å². The molecule has 1 N–H and O–H groups in total. The number of carbonyl (C=O) groups excluding carboxylic acids is 1. The maximum Gasteiger partial charge on any atom is 0.228 e. The van der Waals surface area contributed by atoms with E-state index in [1.165, 1.54) is 25.7 Å². The maximum atomic E-state index is 12.9. The fourth-order valence-corrected chi connectivity index (χ4v) is 3.56. The van der Waals surface area contributed by atoms with E-state index >= 15 is 0 Å². The van der Waals surface area contributed by atoms with Crippen LogP contribution < -0.4 is 5.32 Å². The third-order valence-corrected chi connectivity index (χ3v) is 5.01. The van der Waals surface area contributed by atoms with Crippen molar-refractivity contribution in [3.05, 3.63) is 0 Å². The number of rotatable bonds is 2. The molecule has 2 rings (SSSR count). The number of hydrogen-bond acceptors (Lipinski definition) is 2. The zero-order chi connectivity index (χ0) is 15.0. The van der Waals surface area contributed by atoms with Crippen LogP contribution in [-0.2, 0) is 4.79 Å². The van der Waals surface area contributed by atoms with E-state index in [9.17, 15) is 4.79 Å². The Morgan fingerprint density at radius 1 is 1.10 bits per heavy atom. The minimum Gasteiger partial charge on any atom is -0.335 e. The minimum absolute atomic E-state index is 0.268. The lowest BCUT2D eigenvalue weighted by molar-refractivity contribution is -0.145. The summed E-state index contributed by atoms with van der Waals surface area (Å²) in [6.07, 6.45) is 5.94. The van der Waals surface area contributed by atoms with Crippen molar-refractivity contribution in [2.24, 2.45) is 10.8 Å². The highest BCUT2D eigenvalue weighted by atomic mass is 16.2. The van der Waals surface area contributed by atoms with Crippen molar-refractivity contribution >= 4 is 5.91 Å². The summed E-state index contributed by atoms with van der Waals surface area (Å²) in [6, 6.07) is 0.868. The van der Waals surface area contributed by atoms with Gasteiger partial charge in [0.25, 0.3) is 0 Å². The summed E-state index contributed by atoms with van der Waals surface area (Å²) in [5.74, 6) is 0.343. The monoisotopic (exact) mass is 280 g/mol. The zero-order valence-corrected chi connectivity index (χ0v) is 14.0. The van der Waals surface area contributed by atoms with E-state index in [2.05, 4.69) is 44.8 Å². The Balaban J connectivity index is 2.13. The number of amides is 1. The highest BCUT2D eigenvalue weighted by molar-refractivity contribution is 5.82. The normalized spacial score (nSPS) is 27.6. The first-order valence-corrected chi connectivity index (χ1v) is 8.24. The smallest absolute Gasteiger partial charge is 0.228 e. The second-order valence-electron chi connectivity index (χ2n) is 8.50. The predicted octanol–water partition coefficient (Wildman–Crippen LogP) is 3.19. The number of nitrogens with zero attached hydrogens (tertiary/aromatic N) is 1. The lowest BCUT2D eigenvalue weighted by atomic mass is 9.74. The minimum atomic E-state index is -0.268. The van der Waals surface area contributed by atoms with E-state index < -0.39 is 0 Å². The SMILES string of the molecule is CC1(C)CCC(N(C(=O)C(C)(C)C)[C@H]2CCNC2)CC1. The van der Waals surface area contributed by atoms with E-state index in [0.717, 1.165) is 19.5 Å². The van der Waals surface area contributed by atoms with Crippen molar-refractivity contribution in [2.75, 3.05) is 13.1 Å². The van der Waals surface area contributed by atoms with Gasteiger partial charge in [-0.05, 0) is 44.1 Å². The quantitative estimate of drug-likeness (QED) is 0.842. The van der Waals surface area contributed by atoms with Crippen molar-refractivity contribution in [3.63, 3.8) is 0 Å². The number of nitrogens with one attached hydrogen (secondary N) is 1. The van der Waals surface area contributed by atoms with Gasteiger partial charge in [-0.3, -0.25) is 4.79 Å². The molecule has 1 saturated heterocycles. The van der Waals surface area contributed by atoms with Gasteiger partial charge in [-0.2, -0.15) is 0 Å². The van der Waals surface area contributed by atoms with Gasteiger partial charge in [-0.1, -0.05) is 34.6 Å². The molecule has 0 aromatic heterocycles. The van der Waals surface area contributed by atoms with Crippen LogP contribution in [0.2, 0.25) is 0 Å². The molecule has 1 heterocycles. The zero-order valence-electron chi connectivity index (χ0n) is 14.0. The lowest BCUT2D eigenvalue weighted by Gasteiger charge is -2.44. The fourth-order valence-electron chi connectivity index (χ4n) is 3.56. The molecule has 1 aliphatic heterocycles. The Hall–Kier alpha value is -0.570. The molecule has 2 fully saturated rings. The Kier molecular flexibility index (Phi) is 4.48. The van der Waals surface area contributed by atoms with Crippen LogP contribution >= 0.6 is 0 Å². The lowest BCUT2D eigenvalue weighted by Crippen LogP contribution is -2.53. The van der Waals surface area contributed by atoms with Crippen molar-refractivity contribution in [1.29, 1.82) is 0 Å². The van der Waals surface area contributed by atoms with E-state index in [-0.39, 0.29) is 5.41 Å². The summed E-state index contributed by atoms with van der Waals surface area (Å²) < 4.78 is 0. The fraction of sp³-hybridized carbons (Fsp3) is 0.941. The van der Waals surface area contributed by atoms with Gasteiger partial charge < -0.3 is 10.2 Å². The highest BCUT2D eigenvalue weighted by Crippen LogP contribution is 2.39. The van der Waals surface area contributed by atoms with Gasteiger partial charge in [0.15, 0.2) is 0 Å². The number of carbonyl (C=O) groups is 1. The molecule has 0 spiro atoms. The molecule has 3 heteroatoms. The summed E-state index contributed by atoms with van der Waals surface area (Å²) in [6.45, 7) is 12.9. The Morgan fingerprint density at radius 3 is 2.15 bits per heavy atom. The van der Waals surface area contributed by atoms with Gasteiger partial charge in [0.1, 0.15) is 0 Å². The first-order valence-electron chi connectivity index (χ1n) is 8.24. The van der Waals surface area contributed by atoms with Crippen LogP contribution in [0.3, 0.4) is 0 Å².